The van der Waals surface area contributed by atoms with Crippen molar-refractivity contribution >= 4 is 27.5 Å². The van der Waals surface area contributed by atoms with Crippen LogP contribution in [0.5, 0.6) is 11.5 Å². The fourth-order valence-corrected chi connectivity index (χ4v) is 2.60. The van der Waals surface area contributed by atoms with E-state index in [9.17, 15) is 4.79 Å². The largest absolute Gasteiger partial charge is 0.492 e. The summed E-state index contributed by atoms with van der Waals surface area (Å²) in [5.74, 6) is 1.23. The van der Waals surface area contributed by atoms with E-state index in [2.05, 4.69) is 34.7 Å². The van der Waals surface area contributed by atoms with Crippen LogP contribution in [0, 0.1) is 0 Å². The minimum atomic E-state index is -0.193. The van der Waals surface area contributed by atoms with Gasteiger partial charge in [-0.15, -0.1) is 0 Å². The smallest absolute Gasteiger partial charge is 0.255 e. The van der Waals surface area contributed by atoms with E-state index in [1.54, 1.807) is 30.3 Å². The summed E-state index contributed by atoms with van der Waals surface area (Å²) in [5, 5.41) is 2.87. The molecule has 2 rings (SSSR count). The summed E-state index contributed by atoms with van der Waals surface area (Å²) in [6.45, 7) is 6.82. The van der Waals surface area contributed by atoms with Gasteiger partial charge >= 0.3 is 0 Å². The van der Waals surface area contributed by atoms with Gasteiger partial charge in [0, 0.05) is 17.3 Å². The van der Waals surface area contributed by atoms with Crippen LogP contribution in [0.1, 0.15) is 30.1 Å². The van der Waals surface area contributed by atoms with Crippen LogP contribution in [0.3, 0.4) is 0 Å². The summed E-state index contributed by atoms with van der Waals surface area (Å²) in [6, 6.07) is 12.6. The Kier molecular flexibility index (Phi) is 7.54. The number of ether oxygens (including phenoxy) is 2. The number of benzene rings is 2. The van der Waals surface area contributed by atoms with Gasteiger partial charge < -0.3 is 14.8 Å². The van der Waals surface area contributed by atoms with E-state index in [-0.39, 0.29) is 5.91 Å². The fraction of sp³-hybridized carbons (Fsp3) is 0.250. The lowest BCUT2D eigenvalue weighted by Gasteiger charge is -2.11. The van der Waals surface area contributed by atoms with Crippen molar-refractivity contribution in [3.8, 4) is 11.5 Å². The molecule has 0 atom stereocenters. The fourth-order valence-electron chi connectivity index (χ4n) is 2.11. The van der Waals surface area contributed by atoms with Crippen LogP contribution < -0.4 is 14.8 Å². The van der Waals surface area contributed by atoms with Crippen molar-refractivity contribution in [3.63, 3.8) is 0 Å². The van der Waals surface area contributed by atoms with Crippen LogP contribution in [-0.4, -0.2) is 19.1 Å². The summed E-state index contributed by atoms with van der Waals surface area (Å²) in [7, 11) is 0. The zero-order chi connectivity index (χ0) is 18.1. The van der Waals surface area contributed by atoms with E-state index in [4.69, 9.17) is 9.47 Å². The second kappa shape index (κ2) is 9.89. The van der Waals surface area contributed by atoms with Crippen molar-refractivity contribution in [2.45, 2.75) is 19.8 Å². The predicted molar refractivity (Wildman–Crippen MR) is 105 cm³/mol. The molecule has 0 bridgehead atoms. The molecule has 0 heterocycles. The first kappa shape index (κ1) is 19.1. The normalized spacial score (nSPS) is 10.2. The molecule has 2 aromatic rings. The minimum Gasteiger partial charge on any atom is -0.492 e. The molecule has 5 heteroatoms. The van der Waals surface area contributed by atoms with Crippen LogP contribution in [0.4, 0.5) is 5.69 Å². The highest BCUT2D eigenvalue weighted by atomic mass is 79.9. The Hall–Kier alpha value is -2.27. The summed E-state index contributed by atoms with van der Waals surface area (Å²) in [4.78, 5) is 12.4. The van der Waals surface area contributed by atoms with E-state index in [0.29, 0.717) is 30.2 Å². The van der Waals surface area contributed by atoms with Crippen LogP contribution >= 0.6 is 15.9 Å². The molecule has 25 heavy (non-hydrogen) atoms. The van der Waals surface area contributed by atoms with Crippen molar-refractivity contribution in [1.82, 2.24) is 0 Å². The Morgan fingerprint density at radius 2 is 2.08 bits per heavy atom. The van der Waals surface area contributed by atoms with E-state index in [1.165, 1.54) is 0 Å². The second-order valence-corrected chi connectivity index (χ2v) is 6.28. The van der Waals surface area contributed by atoms with E-state index >= 15 is 0 Å². The number of halogens is 1. The highest BCUT2D eigenvalue weighted by molar-refractivity contribution is 9.10. The standard InChI is InChI=1S/C20H22BrNO3/c1-3-5-12-25-19-10-9-15(13-18(19)21)20(23)22-16-7-6-8-17(14-16)24-11-4-2/h4,6-10,13-14H,2-3,5,11-12H2,1H3,(H,22,23). The van der Waals surface area contributed by atoms with Crippen LogP contribution in [0.25, 0.3) is 0 Å². The number of amides is 1. The molecule has 1 N–H and O–H groups in total. The number of nitrogens with one attached hydrogen (secondary N) is 1. The molecule has 0 aliphatic heterocycles. The molecule has 0 aromatic heterocycles. The number of rotatable bonds is 9. The molecular weight excluding hydrogens is 382 g/mol. The number of hydrogen-bond acceptors (Lipinski definition) is 3. The molecule has 4 nitrogen and oxygen atoms in total. The molecule has 0 saturated heterocycles. The van der Waals surface area contributed by atoms with Crippen molar-refractivity contribution in [1.29, 1.82) is 0 Å². The predicted octanol–water partition coefficient (Wildman–Crippen LogP) is 5.45. The van der Waals surface area contributed by atoms with Crippen LogP contribution in [0.2, 0.25) is 0 Å². The van der Waals surface area contributed by atoms with Crippen molar-refractivity contribution < 1.29 is 14.3 Å². The molecule has 0 fully saturated rings. The molecule has 0 saturated carbocycles. The SMILES string of the molecule is C=CCOc1cccc(NC(=O)c2ccc(OCCCC)c(Br)c2)c1. The van der Waals surface area contributed by atoms with Gasteiger partial charge in [-0.2, -0.15) is 0 Å². The number of carbonyl (C=O) groups excluding carboxylic acids is 1. The lowest BCUT2D eigenvalue weighted by atomic mass is 10.2. The van der Waals surface area contributed by atoms with E-state index in [0.717, 1.165) is 23.1 Å². The van der Waals surface area contributed by atoms with Gasteiger partial charge in [-0.05, 0) is 52.7 Å². The molecule has 0 radical (unpaired) electrons. The zero-order valence-electron chi connectivity index (χ0n) is 14.3. The highest BCUT2D eigenvalue weighted by Crippen LogP contribution is 2.27. The Bertz CT molecular complexity index is 731. The Labute approximate surface area is 157 Å². The van der Waals surface area contributed by atoms with Gasteiger partial charge in [-0.3, -0.25) is 4.79 Å². The van der Waals surface area contributed by atoms with E-state index in [1.807, 2.05) is 18.2 Å². The van der Waals surface area contributed by atoms with Gasteiger partial charge in [0.15, 0.2) is 0 Å². The summed E-state index contributed by atoms with van der Waals surface area (Å²) in [5.41, 5.74) is 1.22. The summed E-state index contributed by atoms with van der Waals surface area (Å²) >= 11 is 3.46. The average molecular weight is 404 g/mol. The van der Waals surface area contributed by atoms with Gasteiger partial charge in [0.05, 0.1) is 11.1 Å². The van der Waals surface area contributed by atoms with Gasteiger partial charge in [0.25, 0.3) is 5.91 Å². The first-order valence-corrected chi connectivity index (χ1v) is 9.00. The third-order valence-corrected chi connectivity index (χ3v) is 4.03. The van der Waals surface area contributed by atoms with Crippen molar-refractivity contribution in [3.05, 3.63) is 65.2 Å². The number of anilines is 1. The first-order valence-electron chi connectivity index (χ1n) is 8.21. The summed E-state index contributed by atoms with van der Waals surface area (Å²) in [6.07, 6.45) is 3.75. The van der Waals surface area contributed by atoms with E-state index < -0.39 is 0 Å². The molecule has 0 aliphatic rings. The maximum atomic E-state index is 12.4. The molecule has 132 valence electrons. The topological polar surface area (TPSA) is 47.6 Å². The van der Waals surface area contributed by atoms with Crippen molar-refractivity contribution in [2.75, 3.05) is 18.5 Å². The van der Waals surface area contributed by atoms with Gasteiger partial charge in [-0.25, -0.2) is 0 Å². The van der Waals surface area contributed by atoms with Crippen LogP contribution in [-0.2, 0) is 0 Å². The third kappa shape index (κ3) is 5.94. The molecular formula is C20H22BrNO3. The maximum absolute atomic E-state index is 12.4. The van der Waals surface area contributed by atoms with Crippen molar-refractivity contribution in [2.24, 2.45) is 0 Å². The average Bonchev–Trinajstić information content (AvgIpc) is 2.61. The van der Waals surface area contributed by atoms with Gasteiger partial charge in [0.1, 0.15) is 18.1 Å². The van der Waals surface area contributed by atoms with Gasteiger partial charge in [0.2, 0.25) is 0 Å². The maximum Gasteiger partial charge on any atom is 0.255 e. The van der Waals surface area contributed by atoms with Crippen LogP contribution in [0.15, 0.2) is 59.6 Å². The Morgan fingerprint density at radius 1 is 1.24 bits per heavy atom. The molecule has 0 spiro atoms. The monoisotopic (exact) mass is 403 g/mol. The highest BCUT2D eigenvalue weighted by Gasteiger charge is 2.10. The molecule has 2 aromatic carbocycles. The number of carbonyl (C=O) groups is 1. The van der Waals surface area contributed by atoms with Gasteiger partial charge in [-0.1, -0.05) is 32.1 Å². The Morgan fingerprint density at radius 3 is 2.80 bits per heavy atom. The molecule has 1 amide bonds. The number of hydrogen-bond donors (Lipinski definition) is 1. The third-order valence-electron chi connectivity index (χ3n) is 3.41. The second-order valence-electron chi connectivity index (χ2n) is 5.43. The lowest BCUT2D eigenvalue weighted by Crippen LogP contribution is -2.12. The quantitative estimate of drug-likeness (QED) is 0.447. The zero-order valence-corrected chi connectivity index (χ0v) is 15.8. The molecule has 0 aliphatic carbocycles. The summed E-state index contributed by atoms with van der Waals surface area (Å²) < 4.78 is 11.9. The lowest BCUT2D eigenvalue weighted by molar-refractivity contribution is 0.102. The number of unbranched alkanes of at least 4 members (excludes halogenated alkanes) is 1. The molecule has 0 unspecified atom stereocenters. The Balaban J connectivity index is 2.03. The first-order chi connectivity index (χ1) is 12.1. The minimum absolute atomic E-state index is 0.193.